The van der Waals surface area contributed by atoms with E-state index in [1.165, 1.54) is 0 Å². The SMILES string of the molecule is Nc1cccnc1NCCN1CCOCC1. The number of anilines is 2. The van der Waals surface area contributed by atoms with Crippen molar-refractivity contribution in [2.24, 2.45) is 0 Å². The highest BCUT2D eigenvalue weighted by atomic mass is 16.5. The molecular formula is C11H18N4O. The predicted molar refractivity (Wildman–Crippen MR) is 64.4 cm³/mol. The van der Waals surface area contributed by atoms with Gasteiger partial charge < -0.3 is 15.8 Å². The topological polar surface area (TPSA) is 63.4 Å². The number of rotatable bonds is 4. The normalized spacial score (nSPS) is 17.2. The highest BCUT2D eigenvalue weighted by molar-refractivity contribution is 5.60. The van der Waals surface area contributed by atoms with Crippen LogP contribution in [0.2, 0.25) is 0 Å². The van der Waals surface area contributed by atoms with Crippen LogP contribution in [0, 0.1) is 0 Å². The number of nitrogen functional groups attached to an aromatic ring is 1. The lowest BCUT2D eigenvalue weighted by Gasteiger charge is -2.26. The minimum atomic E-state index is 0.699. The van der Waals surface area contributed by atoms with Gasteiger partial charge in [-0.05, 0) is 12.1 Å². The van der Waals surface area contributed by atoms with Crippen LogP contribution in [0.3, 0.4) is 0 Å². The van der Waals surface area contributed by atoms with Gasteiger partial charge in [0, 0.05) is 32.4 Å². The third-order valence-electron chi connectivity index (χ3n) is 2.66. The first-order valence-corrected chi connectivity index (χ1v) is 5.61. The summed E-state index contributed by atoms with van der Waals surface area (Å²) in [4.78, 5) is 6.55. The van der Waals surface area contributed by atoms with E-state index in [0.717, 1.165) is 45.2 Å². The average Bonchev–Trinajstić information content (AvgIpc) is 2.33. The quantitative estimate of drug-likeness (QED) is 0.772. The molecule has 2 heterocycles. The van der Waals surface area contributed by atoms with Crippen LogP contribution in [0.25, 0.3) is 0 Å². The van der Waals surface area contributed by atoms with Gasteiger partial charge in [0.15, 0.2) is 0 Å². The summed E-state index contributed by atoms with van der Waals surface area (Å²) in [7, 11) is 0. The molecule has 1 aromatic rings. The van der Waals surface area contributed by atoms with Crippen molar-refractivity contribution in [3.8, 4) is 0 Å². The van der Waals surface area contributed by atoms with Crippen LogP contribution in [0.5, 0.6) is 0 Å². The summed E-state index contributed by atoms with van der Waals surface area (Å²) in [6, 6.07) is 3.69. The Hall–Kier alpha value is -1.33. The van der Waals surface area contributed by atoms with Crippen LogP contribution >= 0.6 is 0 Å². The molecule has 88 valence electrons. The molecule has 0 radical (unpaired) electrons. The second-order valence-corrected chi connectivity index (χ2v) is 3.82. The Morgan fingerprint density at radius 2 is 2.25 bits per heavy atom. The molecule has 0 bridgehead atoms. The highest BCUT2D eigenvalue weighted by Crippen LogP contribution is 2.12. The maximum absolute atomic E-state index is 5.78. The zero-order chi connectivity index (χ0) is 11.2. The standard InChI is InChI=1S/C11H18N4O/c12-10-2-1-3-13-11(10)14-4-5-15-6-8-16-9-7-15/h1-3H,4-9,12H2,(H,13,14). The van der Waals surface area contributed by atoms with Crippen molar-refractivity contribution in [2.75, 3.05) is 50.4 Å². The summed E-state index contributed by atoms with van der Waals surface area (Å²) >= 11 is 0. The fourth-order valence-corrected chi connectivity index (χ4v) is 1.72. The highest BCUT2D eigenvalue weighted by Gasteiger charge is 2.09. The molecule has 0 saturated carbocycles. The Balaban J connectivity index is 1.73. The van der Waals surface area contributed by atoms with E-state index < -0.39 is 0 Å². The Morgan fingerprint density at radius 1 is 1.44 bits per heavy atom. The van der Waals surface area contributed by atoms with Gasteiger partial charge >= 0.3 is 0 Å². The molecular weight excluding hydrogens is 204 g/mol. The molecule has 0 aliphatic carbocycles. The fourth-order valence-electron chi connectivity index (χ4n) is 1.72. The van der Waals surface area contributed by atoms with Crippen molar-refractivity contribution in [2.45, 2.75) is 0 Å². The van der Waals surface area contributed by atoms with Crippen molar-refractivity contribution in [3.05, 3.63) is 18.3 Å². The molecule has 16 heavy (non-hydrogen) atoms. The minimum Gasteiger partial charge on any atom is -0.396 e. The Labute approximate surface area is 95.6 Å². The molecule has 0 atom stereocenters. The molecule has 0 aromatic carbocycles. The monoisotopic (exact) mass is 222 g/mol. The summed E-state index contributed by atoms with van der Waals surface area (Å²) in [6.45, 7) is 5.57. The second-order valence-electron chi connectivity index (χ2n) is 3.82. The van der Waals surface area contributed by atoms with Crippen molar-refractivity contribution in [3.63, 3.8) is 0 Å². The summed E-state index contributed by atoms with van der Waals surface area (Å²) in [6.07, 6.45) is 1.74. The van der Waals surface area contributed by atoms with Gasteiger partial charge in [-0.2, -0.15) is 0 Å². The number of nitrogens with one attached hydrogen (secondary N) is 1. The zero-order valence-corrected chi connectivity index (χ0v) is 9.35. The van der Waals surface area contributed by atoms with Crippen LogP contribution in [-0.2, 0) is 4.74 Å². The lowest BCUT2D eigenvalue weighted by Crippen LogP contribution is -2.39. The van der Waals surface area contributed by atoms with Gasteiger partial charge in [0.05, 0.1) is 18.9 Å². The Morgan fingerprint density at radius 3 is 3.00 bits per heavy atom. The van der Waals surface area contributed by atoms with E-state index >= 15 is 0 Å². The Bertz CT molecular complexity index is 326. The molecule has 0 spiro atoms. The first kappa shape index (κ1) is 11.2. The lowest BCUT2D eigenvalue weighted by molar-refractivity contribution is 0.0398. The van der Waals surface area contributed by atoms with E-state index in [1.54, 1.807) is 6.20 Å². The molecule has 5 heteroatoms. The summed E-state index contributed by atoms with van der Waals surface area (Å²) in [5.41, 5.74) is 6.48. The van der Waals surface area contributed by atoms with Gasteiger partial charge in [-0.15, -0.1) is 0 Å². The number of nitrogens with zero attached hydrogens (tertiary/aromatic N) is 2. The maximum Gasteiger partial charge on any atom is 0.149 e. The second kappa shape index (κ2) is 5.67. The first-order valence-electron chi connectivity index (χ1n) is 5.61. The van der Waals surface area contributed by atoms with Crippen molar-refractivity contribution in [1.29, 1.82) is 0 Å². The maximum atomic E-state index is 5.78. The molecule has 0 unspecified atom stereocenters. The number of pyridine rings is 1. The molecule has 1 aromatic heterocycles. The van der Waals surface area contributed by atoms with E-state index in [-0.39, 0.29) is 0 Å². The van der Waals surface area contributed by atoms with Crippen LogP contribution in [-0.4, -0.2) is 49.3 Å². The van der Waals surface area contributed by atoms with Crippen molar-refractivity contribution in [1.82, 2.24) is 9.88 Å². The molecule has 1 saturated heterocycles. The number of nitrogens with two attached hydrogens (primary N) is 1. The molecule has 2 rings (SSSR count). The molecule has 3 N–H and O–H groups in total. The number of morpholine rings is 1. The van der Waals surface area contributed by atoms with E-state index in [0.29, 0.717) is 5.69 Å². The number of ether oxygens (including phenoxy) is 1. The van der Waals surface area contributed by atoms with E-state index in [1.807, 2.05) is 12.1 Å². The van der Waals surface area contributed by atoms with Crippen molar-refractivity contribution >= 4 is 11.5 Å². The summed E-state index contributed by atoms with van der Waals surface area (Å²) < 4.78 is 5.29. The molecule has 5 nitrogen and oxygen atoms in total. The van der Waals surface area contributed by atoms with Crippen LogP contribution in [0.15, 0.2) is 18.3 Å². The zero-order valence-electron chi connectivity index (χ0n) is 9.35. The van der Waals surface area contributed by atoms with Crippen LogP contribution in [0.1, 0.15) is 0 Å². The van der Waals surface area contributed by atoms with Gasteiger partial charge in [-0.25, -0.2) is 4.98 Å². The van der Waals surface area contributed by atoms with Crippen molar-refractivity contribution < 1.29 is 4.74 Å². The molecule has 1 aliphatic heterocycles. The molecule has 1 aliphatic rings. The van der Waals surface area contributed by atoms with Gasteiger partial charge in [0.1, 0.15) is 5.82 Å². The van der Waals surface area contributed by atoms with Gasteiger partial charge in [0.2, 0.25) is 0 Å². The largest absolute Gasteiger partial charge is 0.396 e. The molecule has 1 fully saturated rings. The smallest absolute Gasteiger partial charge is 0.149 e. The third-order valence-corrected chi connectivity index (χ3v) is 2.66. The number of aromatic nitrogens is 1. The molecule has 0 amide bonds. The van der Waals surface area contributed by atoms with Gasteiger partial charge in [-0.1, -0.05) is 0 Å². The summed E-state index contributed by atoms with van der Waals surface area (Å²) in [5.74, 6) is 0.774. The predicted octanol–water partition coefficient (Wildman–Crippen LogP) is 0.408. The van der Waals surface area contributed by atoms with E-state index in [9.17, 15) is 0 Å². The number of hydrogen-bond acceptors (Lipinski definition) is 5. The Kier molecular flexibility index (Phi) is 3.96. The fraction of sp³-hybridized carbons (Fsp3) is 0.545. The van der Waals surface area contributed by atoms with E-state index in [2.05, 4.69) is 15.2 Å². The third kappa shape index (κ3) is 3.08. The van der Waals surface area contributed by atoms with E-state index in [4.69, 9.17) is 10.5 Å². The van der Waals surface area contributed by atoms with Crippen LogP contribution < -0.4 is 11.1 Å². The van der Waals surface area contributed by atoms with Gasteiger partial charge in [0.25, 0.3) is 0 Å². The minimum absolute atomic E-state index is 0.699. The summed E-state index contributed by atoms with van der Waals surface area (Å²) in [5, 5.41) is 3.24. The first-order chi connectivity index (χ1) is 7.86. The number of hydrogen-bond donors (Lipinski definition) is 2. The van der Waals surface area contributed by atoms with Gasteiger partial charge in [-0.3, -0.25) is 4.90 Å². The van der Waals surface area contributed by atoms with Crippen LogP contribution in [0.4, 0.5) is 11.5 Å². The average molecular weight is 222 g/mol. The lowest BCUT2D eigenvalue weighted by atomic mass is 10.4.